The normalized spacial score (nSPS) is 18.9. The average Bonchev–Trinajstić information content (AvgIpc) is 1.11. The Labute approximate surface area is 608 Å². The Morgan fingerprint density at radius 1 is 0.559 bits per heavy atom. The maximum atomic E-state index is 11.7. The standard InChI is InChI=1S/C15H19N3O2.C14H17N3O2.C13H20B2N2O2.C12H19N3.C11H15N3O2.C8H9BBrNO.CH4/c1-8-7-10-13(17-15(20)14(19)16-10)12(9(8)2)11-5-4-6-18(11)3;1-8-5-6-9-12(16-14(19)13(18)15-9)11(8)10-4-3-7-17(10)2;1-10-6-4-7-11(16-14-19-3)13(10)12-8-5-9-17(12)15(2)18;1-8-5-6-9(13)12(14)11(8)10-4-3-7-15(10)2;1-7-4-5-9(14(15)16)11(12)10(7)8-3-2-6-13-8;1-6-4-3-5-7(8(6)10)11-9-12-2;/h7,11H,4-6H2,1-3H3,(H,16,19)(H,17,20);5-6,10H,3-4,7H2,1-2H3,(H,15,18)(H,16,19);4,6-7,12,18H,5,8-9H2,1-3H3;5-6,10H,3-4,7,13-14H2,1-2H3;4-5,8,13H,2-3,6,12H2,1H3;3-5H,1-2H3;1H4. The summed E-state index contributed by atoms with van der Waals surface area (Å²) in [5, 5.41) is 24.0. The molecule has 6 aromatic carbocycles. The van der Waals surface area contributed by atoms with Crippen LogP contribution < -0.4 is 44.8 Å². The zero-order valence-corrected chi connectivity index (χ0v) is 62.3. The van der Waals surface area contributed by atoms with Crippen molar-refractivity contribution in [2.24, 2.45) is 9.79 Å². The van der Waals surface area contributed by atoms with Gasteiger partial charge < -0.3 is 42.5 Å². The molecular weight excluding hydrogens is 1360 g/mol. The molecule has 0 amide bonds. The Hall–Kier alpha value is -8.37. The van der Waals surface area contributed by atoms with Gasteiger partial charge in [0.15, 0.2) is 0 Å². The van der Waals surface area contributed by atoms with E-state index in [-0.39, 0.29) is 25.2 Å². The van der Waals surface area contributed by atoms with Crippen molar-refractivity contribution < 1.29 is 19.3 Å². The van der Waals surface area contributed by atoms with Crippen molar-refractivity contribution in [2.75, 3.05) is 85.3 Å². The van der Waals surface area contributed by atoms with Crippen LogP contribution in [0.15, 0.2) is 112 Å². The van der Waals surface area contributed by atoms with E-state index in [1.54, 1.807) is 20.3 Å². The van der Waals surface area contributed by atoms with Gasteiger partial charge in [-0.2, -0.15) is 0 Å². The van der Waals surface area contributed by atoms with Gasteiger partial charge in [-0.05, 0) is 196 Å². The van der Waals surface area contributed by atoms with Crippen molar-refractivity contribution in [1.29, 1.82) is 0 Å². The number of aromatic nitrogens is 4. The van der Waals surface area contributed by atoms with Gasteiger partial charge in [0.25, 0.3) is 5.69 Å². The first-order chi connectivity index (χ1) is 48.2. The Morgan fingerprint density at radius 2 is 1.03 bits per heavy atom. The molecular formula is C74H103B3BrN15O9. The van der Waals surface area contributed by atoms with Gasteiger partial charge in [0.05, 0.1) is 38.4 Å². The van der Waals surface area contributed by atoms with E-state index in [9.17, 15) is 34.3 Å². The molecule has 0 saturated carbocycles. The van der Waals surface area contributed by atoms with Crippen molar-refractivity contribution in [1.82, 2.24) is 44.8 Å². The third kappa shape index (κ3) is 19.3. The number of hydrogen-bond donors (Lipinski definition) is 9. The number of nitrogens with one attached hydrogen (secondary N) is 5. The molecule has 0 radical (unpaired) electrons. The second kappa shape index (κ2) is 37.2. The predicted octanol–water partition coefficient (Wildman–Crippen LogP) is 12.5. The van der Waals surface area contributed by atoms with E-state index in [1.807, 2.05) is 89.1 Å². The summed E-state index contributed by atoms with van der Waals surface area (Å²) in [5.74, 6) is 0. The van der Waals surface area contributed by atoms with Gasteiger partial charge in [-0.3, -0.25) is 44.0 Å². The van der Waals surface area contributed by atoms with Gasteiger partial charge >= 0.3 is 218 Å². The van der Waals surface area contributed by atoms with Crippen molar-refractivity contribution in [3.63, 3.8) is 0 Å². The number of H-pyrrole nitrogens is 4. The summed E-state index contributed by atoms with van der Waals surface area (Å²) in [6.07, 6.45) is 11.2. The molecule has 5 aliphatic heterocycles. The molecule has 5 atom stereocenters. The summed E-state index contributed by atoms with van der Waals surface area (Å²) < 4.78 is 10.7. The molecule has 2 aromatic heterocycles. The molecule has 5 saturated heterocycles. The van der Waals surface area contributed by atoms with Crippen LogP contribution >= 0.6 is 15.9 Å². The number of aryl methyl sites for hydroxylation is 6. The fourth-order valence-electron chi connectivity index (χ4n) is 14.7. The van der Waals surface area contributed by atoms with Gasteiger partial charge in [-0.25, -0.2) is 0 Å². The Balaban J connectivity index is 0.000000172. The first kappa shape index (κ1) is 80.9. The number of nitro benzene ring substituents is 1. The molecule has 102 heavy (non-hydrogen) atoms. The van der Waals surface area contributed by atoms with Crippen LogP contribution in [0.3, 0.4) is 0 Å². The number of halogens is 1. The maximum Gasteiger partial charge on any atom is 0.314 e. The van der Waals surface area contributed by atoms with Crippen LogP contribution in [-0.4, -0.2) is 139 Å². The van der Waals surface area contributed by atoms with Crippen LogP contribution in [0.5, 0.6) is 0 Å². The maximum absolute atomic E-state index is 11.7. The Kier molecular flexibility index (Phi) is 29.5. The zero-order chi connectivity index (χ0) is 73.5. The topological polar surface area (TPSA) is 341 Å². The number of aromatic amines is 4. The number of anilines is 3. The van der Waals surface area contributed by atoms with Crippen LogP contribution in [0.4, 0.5) is 34.1 Å². The molecule has 28 heteroatoms. The monoisotopic (exact) mass is 1460 g/mol. The SMILES string of the molecule is C.COB=Nc1cccc(C)c1Br.COB=Nc1cccc(C)c1C1CCCN1B(C)O.Cc1cc2[nH]c(=O)c(=O)[nH]c2c(C2CCCN2C)c1C.Cc1ccc(N)c(N)c1C1CCCN1C.Cc1ccc([N+](=O)[O-])c(N)c1C1CCCN1.Cc1ccc2[nH]c(=O)c(=O)[nH]c2c1C1CCCN1C. The smallest absolute Gasteiger partial charge is 0.314 e. The third-order valence-electron chi connectivity index (χ3n) is 20.1. The van der Waals surface area contributed by atoms with E-state index in [4.69, 9.17) is 26.5 Å². The minimum absolute atomic E-state index is 0. The molecule has 5 aliphatic rings. The Bertz CT molecular complexity index is 4540. The summed E-state index contributed by atoms with van der Waals surface area (Å²) in [5.41, 5.74) is 35.8. The fraction of sp³-hybridized carbons (Fsp3) is 0.459. The third-order valence-corrected chi connectivity index (χ3v) is 21.1. The number of hydrogen-bond acceptors (Lipinski definition) is 19. The first-order valence-electron chi connectivity index (χ1n) is 34.6. The number of nitrogens with zero attached hydrogens (tertiary/aromatic N) is 7. The minimum Gasteiger partial charge on any atom is -0.397 e. The summed E-state index contributed by atoms with van der Waals surface area (Å²) in [6, 6.07) is 26.5. The zero-order valence-electron chi connectivity index (χ0n) is 60.7. The number of nitrogen functional groups attached to an aromatic ring is 3. The number of rotatable bonds is 11. The summed E-state index contributed by atoms with van der Waals surface area (Å²) in [7, 11) is 12.0. The second-order valence-electron chi connectivity index (χ2n) is 26.9. The van der Waals surface area contributed by atoms with Crippen LogP contribution in [0.2, 0.25) is 6.82 Å². The van der Waals surface area contributed by atoms with Crippen molar-refractivity contribution in [3.8, 4) is 0 Å². The predicted molar refractivity (Wildman–Crippen MR) is 420 cm³/mol. The minimum atomic E-state index is -0.595. The van der Waals surface area contributed by atoms with Gasteiger partial charge in [-0.1, -0.05) is 25.6 Å². The van der Waals surface area contributed by atoms with E-state index in [0.717, 1.165) is 150 Å². The van der Waals surface area contributed by atoms with Crippen molar-refractivity contribution in [2.45, 2.75) is 157 Å². The van der Waals surface area contributed by atoms with Crippen LogP contribution in [-0.2, 0) is 9.31 Å². The van der Waals surface area contributed by atoms with Gasteiger partial charge in [0.2, 0.25) is 0 Å². The van der Waals surface area contributed by atoms with Gasteiger partial charge in [0, 0.05) is 35.8 Å². The first-order valence-corrected chi connectivity index (χ1v) is 35.4. The largest absolute Gasteiger partial charge is 0.397 e. The number of nitrogens with two attached hydrogens (primary N) is 3. The summed E-state index contributed by atoms with van der Waals surface area (Å²) in [4.78, 5) is 84.9. The van der Waals surface area contributed by atoms with Gasteiger partial charge in [0.1, 0.15) is 5.69 Å². The van der Waals surface area contributed by atoms with Crippen molar-refractivity contribution >= 4 is 93.7 Å². The molecule has 5 unspecified atom stereocenters. The molecule has 544 valence electrons. The van der Waals surface area contributed by atoms with Gasteiger partial charge in [-0.15, -0.1) is 0 Å². The second-order valence-corrected chi connectivity index (χ2v) is 27.7. The van der Waals surface area contributed by atoms with Crippen LogP contribution in [0, 0.1) is 58.6 Å². The van der Waals surface area contributed by atoms with Crippen LogP contribution in [0.1, 0.15) is 169 Å². The molecule has 0 spiro atoms. The number of likely N-dealkylation sites (tertiary alicyclic amines) is 3. The van der Waals surface area contributed by atoms with E-state index in [1.165, 1.54) is 66.8 Å². The van der Waals surface area contributed by atoms with E-state index >= 15 is 0 Å². The van der Waals surface area contributed by atoms with E-state index in [2.05, 4.69) is 125 Å². The number of benzene rings is 6. The molecule has 8 aromatic rings. The van der Waals surface area contributed by atoms with E-state index < -0.39 is 34.2 Å². The molecule has 13 rings (SSSR count). The fourth-order valence-corrected chi connectivity index (χ4v) is 15.1. The quantitative estimate of drug-likeness (QED) is 0.0191. The van der Waals surface area contributed by atoms with Crippen molar-refractivity contribution in [3.05, 3.63) is 202 Å². The molecule has 0 bridgehead atoms. The number of nitro groups is 1. The van der Waals surface area contributed by atoms with Crippen LogP contribution in [0.25, 0.3) is 22.1 Å². The molecule has 5 fully saturated rings. The molecule has 12 N–H and O–H groups in total. The Morgan fingerprint density at radius 3 is 1.58 bits per heavy atom. The summed E-state index contributed by atoms with van der Waals surface area (Å²) >= 11 is 3.44. The molecule has 0 aliphatic carbocycles. The number of fused-ring (bicyclic) bond motifs is 2. The average molecular weight is 1460 g/mol. The molecule has 24 nitrogen and oxygen atoms in total. The van der Waals surface area contributed by atoms with E-state index in [0.29, 0.717) is 40.5 Å². The molecule has 7 heterocycles. The summed E-state index contributed by atoms with van der Waals surface area (Å²) in [6.45, 7) is 21.3.